The number of benzene rings is 1. The first-order valence-electron chi connectivity index (χ1n) is 11.4. The number of hydrogen-bond acceptors (Lipinski definition) is 4. The molecule has 0 radical (unpaired) electrons. The van der Waals surface area contributed by atoms with Crippen molar-refractivity contribution in [1.82, 2.24) is 15.5 Å². The van der Waals surface area contributed by atoms with Crippen LogP contribution >= 0.6 is 0 Å². The minimum atomic E-state index is -0.644. The van der Waals surface area contributed by atoms with Crippen molar-refractivity contribution in [2.45, 2.75) is 64.6 Å². The van der Waals surface area contributed by atoms with Crippen LogP contribution in [0.15, 0.2) is 42.0 Å². The van der Waals surface area contributed by atoms with Crippen LogP contribution in [0.2, 0.25) is 0 Å². The minimum absolute atomic E-state index is 0.0534. The van der Waals surface area contributed by atoms with E-state index in [2.05, 4.69) is 35.8 Å². The average molecular weight is 426 g/mol. The molecule has 0 spiro atoms. The van der Waals surface area contributed by atoms with Crippen LogP contribution in [-0.2, 0) is 17.8 Å². The highest BCUT2D eigenvalue weighted by atomic mass is 16.3. The van der Waals surface area contributed by atoms with Crippen LogP contribution in [-0.4, -0.2) is 53.6 Å². The molecule has 1 heterocycles. The average Bonchev–Trinajstić information content (AvgIpc) is 3.23. The molecule has 1 aromatic carbocycles. The Morgan fingerprint density at radius 3 is 2.90 bits per heavy atom. The largest absolute Gasteiger partial charge is 0.390 e. The lowest BCUT2D eigenvalue weighted by Gasteiger charge is -2.28. The van der Waals surface area contributed by atoms with Gasteiger partial charge in [-0.3, -0.25) is 9.59 Å². The van der Waals surface area contributed by atoms with Gasteiger partial charge in [0.25, 0.3) is 5.91 Å². The van der Waals surface area contributed by atoms with Gasteiger partial charge in [-0.1, -0.05) is 43.2 Å². The number of unbranched alkanes of at least 4 members (excludes halogenated alkanes) is 1. The molecular formula is C25H35N3O3. The third kappa shape index (κ3) is 6.77. The fraction of sp³-hybridized carbons (Fsp3) is 0.520. The summed E-state index contributed by atoms with van der Waals surface area (Å²) in [7, 11) is 0. The summed E-state index contributed by atoms with van der Waals surface area (Å²) in [4.78, 5) is 26.0. The van der Waals surface area contributed by atoms with E-state index in [0.29, 0.717) is 24.7 Å². The summed E-state index contributed by atoms with van der Waals surface area (Å²) in [6, 6.07) is 6.00. The molecule has 3 rings (SSSR count). The van der Waals surface area contributed by atoms with E-state index in [1.54, 1.807) is 11.8 Å². The van der Waals surface area contributed by atoms with E-state index in [9.17, 15) is 14.7 Å². The molecule has 1 aliphatic carbocycles. The van der Waals surface area contributed by atoms with Crippen molar-refractivity contribution >= 4 is 11.8 Å². The van der Waals surface area contributed by atoms with Gasteiger partial charge in [0.2, 0.25) is 5.91 Å². The van der Waals surface area contributed by atoms with Crippen molar-refractivity contribution in [2.75, 3.05) is 19.6 Å². The molecule has 0 saturated carbocycles. The standard InChI is InChI=1S/C25H35N3O3/c1-3-4-5-6-19-7-10-23(13-19)26-15-24(30)16-27-25(31)21-9-8-20-11-12-28(18(2)29)17-22(20)14-21/h5-9,14,23-24,26,30H,3-4,10-13,15-17H2,1-2H3,(H,27,31)/b6-5-. The van der Waals surface area contributed by atoms with Crippen molar-refractivity contribution in [3.05, 3.63) is 58.7 Å². The summed E-state index contributed by atoms with van der Waals surface area (Å²) in [5, 5.41) is 16.5. The zero-order chi connectivity index (χ0) is 22.2. The number of carbonyl (C=O) groups excluding carboxylic acids is 2. The number of aliphatic hydroxyl groups is 1. The third-order valence-electron chi connectivity index (χ3n) is 6.00. The Morgan fingerprint density at radius 2 is 2.13 bits per heavy atom. The molecule has 0 fully saturated rings. The Labute approximate surface area is 185 Å². The first kappa shape index (κ1) is 23.2. The fourth-order valence-corrected chi connectivity index (χ4v) is 4.09. The highest BCUT2D eigenvalue weighted by Crippen LogP contribution is 2.21. The van der Waals surface area contributed by atoms with E-state index < -0.39 is 6.10 Å². The van der Waals surface area contributed by atoms with E-state index in [-0.39, 0.29) is 18.4 Å². The molecule has 2 unspecified atom stereocenters. The first-order valence-corrected chi connectivity index (χ1v) is 11.4. The maximum Gasteiger partial charge on any atom is 0.251 e. The Bertz CT molecular complexity index is 846. The molecule has 0 saturated heterocycles. The van der Waals surface area contributed by atoms with E-state index in [1.165, 1.54) is 11.1 Å². The molecule has 6 nitrogen and oxygen atoms in total. The van der Waals surface area contributed by atoms with E-state index in [0.717, 1.165) is 44.2 Å². The van der Waals surface area contributed by atoms with Crippen molar-refractivity contribution in [3.8, 4) is 0 Å². The highest BCUT2D eigenvalue weighted by Gasteiger charge is 2.20. The number of rotatable bonds is 9. The molecule has 2 atom stereocenters. The smallest absolute Gasteiger partial charge is 0.251 e. The Kier molecular flexibility index (Phi) is 8.43. The number of carbonyl (C=O) groups is 2. The zero-order valence-corrected chi connectivity index (χ0v) is 18.7. The Hall–Kier alpha value is -2.44. The van der Waals surface area contributed by atoms with Gasteiger partial charge in [-0.2, -0.15) is 0 Å². The van der Waals surface area contributed by atoms with Gasteiger partial charge in [0.05, 0.1) is 6.10 Å². The van der Waals surface area contributed by atoms with E-state index >= 15 is 0 Å². The third-order valence-corrected chi connectivity index (χ3v) is 6.00. The Balaban J connectivity index is 1.41. The van der Waals surface area contributed by atoms with Crippen molar-refractivity contribution in [1.29, 1.82) is 0 Å². The molecule has 2 amide bonds. The second-order valence-corrected chi connectivity index (χ2v) is 8.55. The van der Waals surface area contributed by atoms with Gasteiger partial charge in [0.1, 0.15) is 0 Å². The van der Waals surface area contributed by atoms with Crippen LogP contribution in [0.25, 0.3) is 0 Å². The summed E-state index contributed by atoms with van der Waals surface area (Å²) in [6.07, 6.45) is 11.1. The quantitative estimate of drug-likeness (QED) is 0.568. The summed E-state index contributed by atoms with van der Waals surface area (Å²) < 4.78 is 0. The summed E-state index contributed by atoms with van der Waals surface area (Å²) in [5.74, 6) is -0.148. The number of aliphatic hydroxyl groups excluding tert-OH is 1. The van der Waals surface area contributed by atoms with E-state index in [1.807, 2.05) is 18.2 Å². The SMILES string of the molecule is CCC/C=C\C1=CCC(NCC(O)CNC(=O)c2ccc3c(c2)CN(C(C)=O)CC3)C1. The van der Waals surface area contributed by atoms with Crippen molar-refractivity contribution in [2.24, 2.45) is 0 Å². The predicted molar refractivity (Wildman–Crippen MR) is 123 cm³/mol. The lowest BCUT2D eigenvalue weighted by molar-refractivity contribution is -0.129. The minimum Gasteiger partial charge on any atom is -0.390 e. The topological polar surface area (TPSA) is 81.7 Å². The molecular weight excluding hydrogens is 390 g/mol. The van der Waals surface area contributed by atoms with Crippen LogP contribution < -0.4 is 10.6 Å². The Morgan fingerprint density at radius 1 is 1.29 bits per heavy atom. The van der Waals surface area contributed by atoms with Gasteiger partial charge in [-0.25, -0.2) is 0 Å². The summed E-state index contributed by atoms with van der Waals surface area (Å²) in [5.41, 5.74) is 4.12. The molecule has 1 aromatic rings. The molecule has 3 N–H and O–H groups in total. The normalized spacial score (nSPS) is 19.3. The number of amides is 2. The monoisotopic (exact) mass is 425 g/mol. The zero-order valence-electron chi connectivity index (χ0n) is 18.7. The lowest BCUT2D eigenvalue weighted by Crippen LogP contribution is -2.41. The number of allylic oxidation sites excluding steroid dienone is 2. The molecule has 0 bridgehead atoms. The molecule has 6 heteroatoms. The maximum absolute atomic E-state index is 12.5. The molecule has 31 heavy (non-hydrogen) atoms. The van der Waals surface area contributed by atoms with E-state index in [4.69, 9.17) is 0 Å². The van der Waals surface area contributed by atoms with Crippen LogP contribution in [0.1, 0.15) is 61.0 Å². The first-order chi connectivity index (χ1) is 15.0. The second-order valence-electron chi connectivity index (χ2n) is 8.55. The predicted octanol–water partition coefficient (Wildman–Crippen LogP) is 2.72. The second kappa shape index (κ2) is 11.3. The molecule has 2 aliphatic rings. The van der Waals surface area contributed by atoms with Gasteiger partial charge in [-0.15, -0.1) is 0 Å². The van der Waals surface area contributed by atoms with Gasteiger partial charge >= 0.3 is 0 Å². The van der Waals surface area contributed by atoms with Gasteiger partial charge in [0.15, 0.2) is 0 Å². The summed E-state index contributed by atoms with van der Waals surface area (Å²) >= 11 is 0. The van der Waals surface area contributed by atoms with Crippen molar-refractivity contribution in [3.63, 3.8) is 0 Å². The maximum atomic E-state index is 12.5. The lowest BCUT2D eigenvalue weighted by atomic mass is 9.97. The van der Waals surface area contributed by atoms with Crippen molar-refractivity contribution < 1.29 is 14.7 Å². The van der Waals surface area contributed by atoms with Gasteiger partial charge in [0, 0.05) is 44.7 Å². The number of nitrogens with zero attached hydrogens (tertiary/aromatic N) is 1. The van der Waals surface area contributed by atoms with Crippen LogP contribution in [0.4, 0.5) is 0 Å². The number of hydrogen-bond donors (Lipinski definition) is 3. The number of fused-ring (bicyclic) bond motifs is 1. The summed E-state index contributed by atoms with van der Waals surface area (Å²) in [6.45, 7) is 5.66. The molecule has 1 aliphatic heterocycles. The number of nitrogens with one attached hydrogen (secondary N) is 2. The van der Waals surface area contributed by atoms with Gasteiger partial charge < -0.3 is 20.6 Å². The van der Waals surface area contributed by atoms with Crippen LogP contribution in [0, 0.1) is 0 Å². The van der Waals surface area contributed by atoms with Crippen LogP contribution in [0.3, 0.4) is 0 Å². The highest BCUT2D eigenvalue weighted by molar-refractivity contribution is 5.94. The fourth-order valence-electron chi connectivity index (χ4n) is 4.09. The van der Waals surface area contributed by atoms with Gasteiger partial charge in [-0.05, 0) is 48.9 Å². The molecule has 0 aromatic heterocycles. The molecule has 168 valence electrons. The van der Waals surface area contributed by atoms with Crippen LogP contribution in [0.5, 0.6) is 0 Å².